The lowest BCUT2D eigenvalue weighted by molar-refractivity contribution is -0.0893. The van der Waals surface area contributed by atoms with E-state index in [0.29, 0.717) is 0 Å². The highest BCUT2D eigenvalue weighted by atomic mass is 16.5. The first kappa shape index (κ1) is 30.3. The van der Waals surface area contributed by atoms with Crippen LogP contribution in [0.25, 0.3) is 22.3 Å². The van der Waals surface area contributed by atoms with Gasteiger partial charge in [0.05, 0.1) is 11.2 Å². The van der Waals surface area contributed by atoms with E-state index in [0.717, 1.165) is 11.9 Å². The summed E-state index contributed by atoms with van der Waals surface area (Å²) in [6.07, 6.45) is 7.39. The van der Waals surface area contributed by atoms with Gasteiger partial charge in [-0.2, -0.15) is 0 Å². The van der Waals surface area contributed by atoms with E-state index < -0.39 is 11.2 Å². The Morgan fingerprint density at radius 1 is 0.643 bits per heavy atom. The summed E-state index contributed by atoms with van der Waals surface area (Å²) in [7, 11) is 1.79. The minimum Gasteiger partial charge on any atom is -0.427 e. The summed E-state index contributed by atoms with van der Waals surface area (Å²) < 4.78 is 6.06. The lowest BCUT2D eigenvalue weighted by Crippen LogP contribution is -2.49. The third-order valence-electron chi connectivity index (χ3n) is 9.45. The molecule has 0 aromatic heterocycles. The Bertz CT molecular complexity index is 1510. The van der Waals surface area contributed by atoms with E-state index in [1.807, 2.05) is 13.8 Å². The number of hydrogen-bond acceptors (Lipinski definition) is 2. The van der Waals surface area contributed by atoms with Gasteiger partial charge < -0.3 is 9.76 Å². The molecule has 5 rings (SSSR count). The number of aliphatic hydroxyl groups is 1. The van der Waals surface area contributed by atoms with E-state index in [4.69, 9.17) is 4.65 Å². The molecule has 4 aromatic rings. The van der Waals surface area contributed by atoms with Gasteiger partial charge in [0.2, 0.25) is 0 Å². The van der Waals surface area contributed by atoms with E-state index in [1.54, 1.807) is 21.3 Å². The molecule has 1 radical (unpaired) electrons. The Morgan fingerprint density at radius 3 is 1.93 bits per heavy atom. The van der Waals surface area contributed by atoms with Crippen molar-refractivity contribution in [2.75, 3.05) is 0 Å². The summed E-state index contributed by atoms with van der Waals surface area (Å²) in [5.41, 5.74) is 9.98. The molecular formula is C39H46BO2. The zero-order chi connectivity index (χ0) is 30.0. The fourth-order valence-electron chi connectivity index (χ4n) is 5.93. The molecule has 0 atom stereocenters. The lowest BCUT2D eigenvalue weighted by atomic mass is 9.77. The summed E-state index contributed by atoms with van der Waals surface area (Å²) in [6, 6.07) is 33.5. The summed E-state index contributed by atoms with van der Waals surface area (Å²) in [4.78, 5) is 0. The molecule has 1 aliphatic carbocycles. The first-order valence-electron chi connectivity index (χ1n) is 15.6. The first-order valence-corrected chi connectivity index (χ1v) is 15.6. The minimum atomic E-state index is -0.952. The summed E-state index contributed by atoms with van der Waals surface area (Å²) in [6.45, 7) is 12.0. The van der Waals surface area contributed by atoms with E-state index in [2.05, 4.69) is 105 Å². The highest BCUT2D eigenvalue weighted by Crippen LogP contribution is 2.49. The van der Waals surface area contributed by atoms with Gasteiger partial charge >= 0.3 is 7.48 Å². The van der Waals surface area contributed by atoms with E-state index in [1.165, 1.54) is 76.6 Å². The number of hydrogen-bond donors (Lipinski definition) is 1. The number of aryl methyl sites for hydroxylation is 2. The third kappa shape index (κ3) is 6.58. The number of unbranched alkanes of at least 4 members (excludes halogenated alkanes) is 3. The smallest absolute Gasteiger partial charge is 0.330 e. The van der Waals surface area contributed by atoms with Crippen molar-refractivity contribution in [3.63, 3.8) is 0 Å². The van der Waals surface area contributed by atoms with Crippen molar-refractivity contribution < 1.29 is 9.76 Å². The first-order chi connectivity index (χ1) is 20.0. The second-order valence-electron chi connectivity index (χ2n) is 13.6. The molecule has 1 aliphatic rings. The molecule has 42 heavy (non-hydrogen) atoms. The van der Waals surface area contributed by atoms with Crippen LogP contribution in [0.3, 0.4) is 0 Å². The maximum atomic E-state index is 10.5. The van der Waals surface area contributed by atoms with Crippen LogP contribution in [0.5, 0.6) is 0 Å². The van der Waals surface area contributed by atoms with Crippen LogP contribution in [0.2, 0.25) is 0 Å². The molecule has 0 amide bonds. The fraction of sp³-hybridized carbons (Fsp3) is 0.385. The van der Waals surface area contributed by atoms with Gasteiger partial charge in [-0.05, 0) is 104 Å². The quantitative estimate of drug-likeness (QED) is 0.139. The molecule has 2 nitrogen and oxygen atoms in total. The predicted molar refractivity (Wildman–Crippen MR) is 179 cm³/mol. The van der Waals surface area contributed by atoms with Crippen LogP contribution in [-0.2, 0) is 22.9 Å². The maximum Gasteiger partial charge on any atom is 0.330 e. The largest absolute Gasteiger partial charge is 0.427 e. The van der Waals surface area contributed by atoms with Gasteiger partial charge in [-0.15, -0.1) is 0 Å². The molecule has 4 aromatic carbocycles. The number of benzene rings is 4. The summed E-state index contributed by atoms with van der Waals surface area (Å²) in [5, 5.41) is 10.5. The van der Waals surface area contributed by atoms with Gasteiger partial charge in [0.25, 0.3) is 0 Å². The molecule has 217 valence electrons. The molecule has 0 saturated heterocycles. The van der Waals surface area contributed by atoms with Gasteiger partial charge in [0.15, 0.2) is 0 Å². The molecule has 3 heteroatoms. The Balaban J connectivity index is 1.24. The molecule has 0 bridgehead atoms. The van der Waals surface area contributed by atoms with Gasteiger partial charge in [-0.25, -0.2) is 0 Å². The molecule has 0 heterocycles. The number of rotatable bonds is 12. The van der Waals surface area contributed by atoms with Crippen molar-refractivity contribution in [2.24, 2.45) is 0 Å². The highest BCUT2D eigenvalue weighted by molar-refractivity contribution is 6.47. The van der Waals surface area contributed by atoms with Crippen molar-refractivity contribution in [1.82, 2.24) is 0 Å². The van der Waals surface area contributed by atoms with E-state index in [-0.39, 0.29) is 5.41 Å². The Kier molecular flexibility index (Phi) is 8.83. The average molecular weight is 558 g/mol. The minimum absolute atomic E-state index is 0.117. The van der Waals surface area contributed by atoms with Crippen LogP contribution in [0, 0.1) is 0 Å². The van der Waals surface area contributed by atoms with Crippen molar-refractivity contribution >= 4 is 12.9 Å². The normalized spacial score (nSPS) is 14.0. The molecule has 1 N–H and O–H groups in total. The van der Waals surface area contributed by atoms with E-state index in [9.17, 15) is 5.11 Å². The highest BCUT2D eigenvalue weighted by Gasteiger charge is 2.38. The summed E-state index contributed by atoms with van der Waals surface area (Å²) >= 11 is 0. The zero-order valence-corrected chi connectivity index (χ0v) is 26.3. The molecule has 0 aliphatic heterocycles. The predicted octanol–water partition coefficient (Wildman–Crippen LogP) is 8.82. The van der Waals surface area contributed by atoms with Gasteiger partial charge in [-0.1, -0.05) is 117 Å². The standard InChI is InChI=1S/C39H46BO2/c1-37(2)35-26-31(30-20-14-19-29(25-30)18-11-8-7-10-15-28-16-12-9-13-17-28)21-23-33(35)34-24-22-32(27-36(34)37)40-42-39(5,6)38(3,4)41/h9,12-14,16-17,19-27,41H,7-8,10-11,15,18H2,1-6H3. The van der Waals surface area contributed by atoms with Crippen LogP contribution in [-0.4, -0.2) is 23.8 Å². The zero-order valence-electron chi connectivity index (χ0n) is 26.3. The van der Waals surface area contributed by atoms with Crippen LogP contribution in [0.4, 0.5) is 0 Å². The van der Waals surface area contributed by atoms with Crippen molar-refractivity contribution in [2.45, 2.75) is 96.7 Å². The Hall–Kier alpha value is -3.14. The van der Waals surface area contributed by atoms with Crippen LogP contribution in [0.15, 0.2) is 91.0 Å². The van der Waals surface area contributed by atoms with Crippen LogP contribution in [0.1, 0.15) is 89.5 Å². The average Bonchev–Trinajstić information content (AvgIpc) is 3.19. The second kappa shape index (κ2) is 12.2. The summed E-state index contributed by atoms with van der Waals surface area (Å²) in [5.74, 6) is 0. The van der Waals surface area contributed by atoms with Crippen molar-refractivity contribution in [3.05, 3.63) is 113 Å². The Labute approximate surface area is 254 Å². The molecule has 0 saturated carbocycles. The van der Waals surface area contributed by atoms with Gasteiger partial charge in [0, 0.05) is 5.41 Å². The fourth-order valence-corrected chi connectivity index (χ4v) is 5.93. The van der Waals surface area contributed by atoms with Crippen molar-refractivity contribution in [3.8, 4) is 22.3 Å². The molecule has 0 fully saturated rings. The molecule has 0 spiro atoms. The van der Waals surface area contributed by atoms with Gasteiger partial charge in [0.1, 0.15) is 0 Å². The lowest BCUT2D eigenvalue weighted by Gasteiger charge is -2.37. The monoisotopic (exact) mass is 557 g/mol. The maximum absolute atomic E-state index is 10.5. The van der Waals surface area contributed by atoms with Crippen LogP contribution < -0.4 is 5.46 Å². The van der Waals surface area contributed by atoms with Gasteiger partial charge in [-0.3, -0.25) is 0 Å². The topological polar surface area (TPSA) is 29.5 Å². The third-order valence-corrected chi connectivity index (χ3v) is 9.45. The van der Waals surface area contributed by atoms with Crippen LogP contribution >= 0.6 is 0 Å². The molecule has 0 unspecified atom stereocenters. The van der Waals surface area contributed by atoms with Crippen molar-refractivity contribution in [1.29, 1.82) is 0 Å². The molecular weight excluding hydrogens is 511 g/mol. The Morgan fingerprint density at radius 2 is 1.24 bits per heavy atom. The second-order valence-corrected chi connectivity index (χ2v) is 13.6. The SMILES string of the molecule is CC1(C)c2cc([B]OC(C)(C)C(C)(C)O)ccc2-c2ccc(-c3cccc(CCCCCCc4ccccc4)c3)cc21. The number of fused-ring (bicyclic) bond motifs is 3. The van der Waals surface area contributed by atoms with E-state index >= 15 is 0 Å².